The number of ether oxygens (including phenoxy) is 1. The van der Waals surface area contributed by atoms with Gasteiger partial charge in [0.25, 0.3) is 0 Å². The van der Waals surface area contributed by atoms with E-state index < -0.39 is 0 Å². The number of hydrogen-bond donors (Lipinski definition) is 0. The first-order valence-corrected chi connectivity index (χ1v) is 8.22. The number of para-hydroxylation sites is 1. The highest BCUT2D eigenvalue weighted by atomic mass is 16.5. The number of benzene rings is 1. The summed E-state index contributed by atoms with van der Waals surface area (Å²) < 4.78 is 17.0. The van der Waals surface area contributed by atoms with Crippen LogP contribution < -0.4 is 4.74 Å². The van der Waals surface area contributed by atoms with Gasteiger partial charge in [-0.25, -0.2) is 4.98 Å². The largest absolute Gasteiger partial charge is 0.493 e. The van der Waals surface area contributed by atoms with Gasteiger partial charge >= 0.3 is 0 Å². The molecule has 0 atom stereocenters. The zero-order valence-electron chi connectivity index (χ0n) is 14.9. The number of nitrogens with zero attached hydrogens (tertiary/aromatic N) is 4. The van der Waals surface area contributed by atoms with Crippen LogP contribution in [0.4, 0.5) is 0 Å². The van der Waals surface area contributed by atoms with Crippen molar-refractivity contribution in [2.24, 2.45) is 0 Å². The highest BCUT2D eigenvalue weighted by Crippen LogP contribution is 2.30. The lowest BCUT2D eigenvalue weighted by Gasteiger charge is -2.12. The van der Waals surface area contributed by atoms with Crippen molar-refractivity contribution in [2.75, 3.05) is 13.7 Å². The third-order valence-electron chi connectivity index (χ3n) is 3.70. The van der Waals surface area contributed by atoms with Gasteiger partial charge in [-0.15, -0.1) is 10.2 Å². The summed E-state index contributed by atoms with van der Waals surface area (Å²) in [5.41, 5.74) is 1.73. The van der Waals surface area contributed by atoms with E-state index in [0.717, 1.165) is 22.8 Å². The molecule has 0 bridgehead atoms. The van der Waals surface area contributed by atoms with Gasteiger partial charge in [-0.2, -0.15) is 0 Å². The minimum Gasteiger partial charge on any atom is -0.493 e. The first kappa shape index (κ1) is 17.2. The summed E-state index contributed by atoms with van der Waals surface area (Å²) in [4.78, 5) is 6.71. The van der Waals surface area contributed by atoms with E-state index in [-0.39, 0.29) is 0 Å². The van der Waals surface area contributed by atoms with E-state index >= 15 is 0 Å². The molecule has 0 aliphatic heterocycles. The molecule has 3 aromatic rings. The second-order valence-electron chi connectivity index (χ2n) is 5.84. The molecule has 0 unspecified atom stereocenters. The van der Waals surface area contributed by atoms with Gasteiger partial charge in [-0.3, -0.25) is 4.90 Å². The van der Waals surface area contributed by atoms with Gasteiger partial charge < -0.3 is 13.6 Å². The molecule has 2 heterocycles. The van der Waals surface area contributed by atoms with Crippen LogP contribution in [0.2, 0.25) is 0 Å². The van der Waals surface area contributed by atoms with Gasteiger partial charge in [-0.1, -0.05) is 12.1 Å². The highest BCUT2D eigenvalue weighted by molar-refractivity contribution is 5.63. The van der Waals surface area contributed by atoms with Crippen LogP contribution in [0.3, 0.4) is 0 Å². The SMILES string of the molecule is CCOc1ccccc1-c1nc(CN(C)Cc2nnc(C)o2)c(C)o1. The fourth-order valence-corrected chi connectivity index (χ4v) is 2.56. The molecule has 0 fully saturated rings. The van der Waals surface area contributed by atoms with Gasteiger partial charge in [0.05, 0.1) is 24.4 Å². The Bertz CT molecular complexity index is 840. The van der Waals surface area contributed by atoms with Gasteiger partial charge in [0, 0.05) is 13.5 Å². The smallest absolute Gasteiger partial charge is 0.230 e. The van der Waals surface area contributed by atoms with E-state index in [9.17, 15) is 0 Å². The minimum atomic E-state index is 0.554. The Balaban J connectivity index is 1.76. The predicted octanol–water partition coefficient (Wildman–Crippen LogP) is 3.37. The molecule has 3 rings (SSSR count). The number of aryl methyl sites for hydroxylation is 2. The molecule has 25 heavy (non-hydrogen) atoms. The second-order valence-corrected chi connectivity index (χ2v) is 5.84. The maximum atomic E-state index is 5.87. The third-order valence-corrected chi connectivity index (χ3v) is 3.70. The van der Waals surface area contributed by atoms with Crippen molar-refractivity contribution in [3.8, 4) is 17.2 Å². The van der Waals surface area contributed by atoms with Crippen molar-refractivity contribution in [1.29, 1.82) is 0 Å². The molecule has 0 aliphatic rings. The summed E-state index contributed by atoms with van der Waals surface area (Å²) in [5, 5.41) is 7.86. The monoisotopic (exact) mass is 342 g/mol. The van der Waals surface area contributed by atoms with E-state index in [2.05, 4.69) is 20.1 Å². The average Bonchev–Trinajstić information content (AvgIpc) is 3.14. The number of oxazole rings is 1. The van der Waals surface area contributed by atoms with E-state index in [1.807, 2.05) is 45.2 Å². The maximum absolute atomic E-state index is 5.87. The molecule has 7 nitrogen and oxygen atoms in total. The molecule has 0 saturated carbocycles. The predicted molar refractivity (Wildman–Crippen MR) is 92.1 cm³/mol. The molecule has 132 valence electrons. The molecule has 0 N–H and O–H groups in total. The van der Waals surface area contributed by atoms with Crippen molar-refractivity contribution in [3.05, 3.63) is 47.5 Å². The molecule has 0 amide bonds. The Morgan fingerprint density at radius 2 is 1.88 bits per heavy atom. The van der Waals surface area contributed by atoms with Crippen molar-refractivity contribution in [3.63, 3.8) is 0 Å². The van der Waals surface area contributed by atoms with Gasteiger partial charge in [0.1, 0.15) is 11.5 Å². The van der Waals surface area contributed by atoms with Crippen LogP contribution in [-0.2, 0) is 13.1 Å². The minimum absolute atomic E-state index is 0.554. The van der Waals surface area contributed by atoms with E-state index in [4.69, 9.17) is 13.6 Å². The molecule has 7 heteroatoms. The summed E-state index contributed by atoms with van der Waals surface area (Å²) in [5.74, 6) is 3.28. The van der Waals surface area contributed by atoms with Crippen molar-refractivity contribution in [2.45, 2.75) is 33.9 Å². The van der Waals surface area contributed by atoms with Gasteiger partial charge in [0.2, 0.25) is 17.7 Å². The van der Waals surface area contributed by atoms with Crippen LogP contribution in [0.1, 0.15) is 30.2 Å². The van der Waals surface area contributed by atoms with Crippen LogP contribution in [0, 0.1) is 13.8 Å². The Kier molecular flexibility index (Phi) is 5.14. The topological polar surface area (TPSA) is 77.4 Å². The number of hydrogen-bond acceptors (Lipinski definition) is 7. The molecule has 0 radical (unpaired) electrons. The van der Waals surface area contributed by atoms with E-state index in [1.165, 1.54) is 0 Å². The van der Waals surface area contributed by atoms with Crippen LogP contribution >= 0.6 is 0 Å². The number of rotatable bonds is 7. The third kappa shape index (κ3) is 4.06. The van der Waals surface area contributed by atoms with Crippen LogP contribution in [0.15, 0.2) is 33.1 Å². The van der Waals surface area contributed by atoms with Crippen molar-refractivity contribution in [1.82, 2.24) is 20.1 Å². The first-order chi connectivity index (χ1) is 12.1. The normalized spacial score (nSPS) is 11.2. The lowest BCUT2D eigenvalue weighted by Crippen LogP contribution is -2.18. The quantitative estimate of drug-likeness (QED) is 0.651. The molecule has 0 saturated heterocycles. The van der Waals surface area contributed by atoms with Gasteiger partial charge in [0.15, 0.2) is 0 Å². The summed E-state index contributed by atoms with van der Waals surface area (Å²) >= 11 is 0. The molecule has 0 spiro atoms. The van der Waals surface area contributed by atoms with Crippen LogP contribution in [-0.4, -0.2) is 33.7 Å². The van der Waals surface area contributed by atoms with Gasteiger partial charge in [-0.05, 0) is 33.0 Å². The first-order valence-electron chi connectivity index (χ1n) is 8.22. The van der Waals surface area contributed by atoms with E-state index in [1.54, 1.807) is 6.92 Å². The Labute approximate surface area is 146 Å². The fraction of sp³-hybridized carbons (Fsp3) is 0.389. The molecule has 1 aromatic carbocycles. The summed E-state index contributed by atoms with van der Waals surface area (Å²) in [7, 11) is 1.97. The van der Waals surface area contributed by atoms with Crippen LogP contribution in [0.5, 0.6) is 5.75 Å². The summed E-state index contributed by atoms with van der Waals surface area (Å²) in [6.07, 6.45) is 0. The molecule has 0 aliphatic carbocycles. The Morgan fingerprint density at radius 1 is 1.08 bits per heavy atom. The number of aromatic nitrogens is 3. The lowest BCUT2D eigenvalue weighted by atomic mass is 10.2. The average molecular weight is 342 g/mol. The summed E-state index contributed by atoms with van der Waals surface area (Å²) in [6, 6.07) is 7.75. The molecular formula is C18H22N4O3. The van der Waals surface area contributed by atoms with Crippen molar-refractivity contribution >= 4 is 0 Å². The zero-order chi connectivity index (χ0) is 17.8. The standard InChI is InChI=1S/C18H22N4O3/c1-5-23-16-9-7-6-8-14(16)18-19-15(12(2)24-18)10-22(4)11-17-21-20-13(3)25-17/h6-9H,5,10-11H2,1-4H3. The summed E-state index contributed by atoms with van der Waals surface area (Å²) in [6.45, 7) is 7.42. The molecule has 2 aromatic heterocycles. The Morgan fingerprint density at radius 3 is 2.60 bits per heavy atom. The highest BCUT2D eigenvalue weighted by Gasteiger charge is 2.17. The molecular weight excluding hydrogens is 320 g/mol. The lowest BCUT2D eigenvalue weighted by molar-refractivity contribution is 0.275. The zero-order valence-corrected chi connectivity index (χ0v) is 14.9. The second kappa shape index (κ2) is 7.48. The Hall–Kier alpha value is -2.67. The van der Waals surface area contributed by atoms with Crippen molar-refractivity contribution < 1.29 is 13.6 Å². The fourth-order valence-electron chi connectivity index (χ4n) is 2.56. The maximum Gasteiger partial charge on any atom is 0.230 e. The van der Waals surface area contributed by atoms with Crippen LogP contribution in [0.25, 0.3) is 11.5 Å². The van der Waals surface area contributed by atoms with E-state index in [0.29, 0.717) is 37.4 Å².